The molecule has 2 heterocycles. The van der Waals surface area contributed by atoms with Gasteiger partial charge in [-0.3, -0.25) is 0 Å². The van der Waals surface area contributed by atoms with Crippen molar-refractivity contribution in [2.75, 3.05) is 31.6 Å². The monoisotopic (exact) mass is 278 g/mol. The fraction of sp³-hybridized carbons (Fsp3) is 0.812. The summed E-state index contributed by atoms with van der Waals surface area (Å²) in [4.78, 5) is 7.18. The topological polar surface area (TPSA) is 33.1 Å². The maximum atomic E-state index is 4.82. The first-order chi connectivity index (χ1) is 9.60. The van der Waals surface area contributed by atoms with Crippen molar-refractivity contribution in [3.05, 3.63) is 11.9 Å². The number of nitrogens with zero attached hydrogens (tertiary/aromatic N) is 3. The van der Waals surface area contributed by atoms with Gasteiger partial charge in [-0.05, 0) is 44.2 Å². The van der Waals surface area contributed by atoms with Gasteiger partial charge in [0.1, 0.15) is 0 Å². The molecule has 1 aromatic heterocycles. The van der Waals surface area contributed by atoms with E-state index in [1.54, 1.807) is 0 Å². The molecule has 1 aliphatic heterocycles. The Hall–Kier alpha value is -1.03. The minimum Gasteiger partial charge on any atom is -0.345 e. The molecular formula is C16H30N4. The Labute approximate surface area is 123 Å². The molecule has 1 fully saturated rings. The molecule has 0 bridgehead atoms. The number of hydrogen-bond acceptors (Lipinski definition) is 3. The Bertz CT molecular complexity index is 405. The van der Waals surface area contributed by atoms with Crippen molar-refractivity contribution in [2.45, 2.75) is 46.6 Å². The Morgan fingerprint density at radius 2 is 2.10 bits per heavy atom. The third-order valence-electron chi connectivity index (χ3n) is 4.06. The minimum atomic E-state index is 0.653. The molecule has 1 saturated heterocycles. The third-order valence-corrected chi connectivity index (χ3v) is 4.06. The van der Waals surface area contributed by atoms with Gasteiger partial charge in [-0.2, -0.15) is 0 Å². The molecule has 0 aromatic carbocycles. The van der Waals surface area contributed by atoms with Crippen LogP contribution in [0.25, 0.3) is 0 Å². The van der Waals surface area contributed by atoms with Gasteiger partial charge in [0.2, 0.25) is 5.95 Å². The number of aryl methyl sites for hydroxylation is 1. The third kappa shape index (κ3) is 3.98. The second-order valence-corrected chi connectivity index (χ2v) is 6.51. The van der Waals surface area contributed by atoms with Gasteiger partial charge in [0.25, 0.3) is 0 Å². The molecule has 2 rings (SSSR count). The molecule has 4 heteroatoms. The van der Waals surface area contributed by atoms with Crippen LogP contribution in [0.3, 0.4) is 0 Å². The number of nitrogens with one attached hydrogen (secondary N) is 1. The molecule has 0 atom stereocenters. The van der Waals surface area contributed by atoms with Crippen molar-refractivity contribution in [1.82, 2.24) is 14.9 Å². The van der Waals surface area contributed by atoms with Gasteiger partial charge < -0.3 is 14.8 Å². The summed E-state index contributed by atoms with van der Waals surface area (Å²) in [7, 11) is 2.20. The Morgan fingerprint density at radius 3 is 2.70 bits per heavy atom. The van der Waals surface area contributed by atoms with E-state index in [1.807, 2.05) is 0 Å². The van der Waals surface area contributed by atoms with Crippen LogP contribution < -0.4 is 10.2 Å². The summed E-state index contributed by atoms with van der Waals surface area (Å²) >= 11 is 0. The van der Waals surface area contributed by atoms with E-state index in [4.69, 9.17) is 4.98 Å². The van der Waals surface area contributed by atoms with E-state index >= 15 is 0 Å². The van der Waals surface area contributed by atoms with Crippen molar-refractivity contribution in [1.29, 1.82) is 0 Å². The molecule has 0 radical (unpaired) electrons. The minimum absolute atomic E-state index is 0.653. The number of anilines is 1. The Kier molecular flexibility index (Phi) is 5.46. The van der Waals surface area contributed by atoms with Gasteiger partial charge in [0.05, 0.1) is 5.69 Å². The van der Waals surface area contributed by atoms with Crippen LogP contribution in [0.1, 0.15) is 39.3 Å². The number of rotatable bonds is 6. The zero-order valence-corrected chi connectivity index (χ0v) is 13.5. The van der Waals surface area contributed by atoms with E-state index in [1.165, 1.54) is 31.6 Å². The van der Waals surface area contributed by atoms with Crippen LogP contribution in [0.5, 0.6) is 0 Å². The van der Waals surface area contributed by atoms with E-state index in [-0.39, 0.29) is 0 Å². The van der Waals surface area contributed by atoms with Crippen molar-refractivity contribution in [3.63, 3.8) is 0 Å². The van der Waals surface area contributed by atoms with Crippen LogP contribution in [0.4, 0.5) is 5.95 Å². The molecule has 1 N–H and O–H groups in total. The second-order valence-electron chi connectivity index (χ2n) is 6.51. The highest BCUT2D eigenvalue weighted by Crippen LogP contribution is 2.20. The number of piperidine rings is 1. The first-order valence-electron chi connectivity index (χ1n) is 8.08. The molecule has 1 aromatic rings. The predicted molar refractivity (Wildman–Crippen MR) is 85.3 cm³/mol. The summed E-state index contributed by atoms with van der Waals surface area (Å²) in [5.74, 6) is 2.60. The van der Waals surface area contributed by atoms with Crippen LogP contribution in [-0.4, -0.2) is 36.2 Å². The van der Waals surface area contributed by atoms with Crippen LogP contribution in [0, 0.1) is 11.8 Å². The summed E-state index contributed by atoms with van der Waals surface area (Å²) in [6, 6.07) is 0. The molecule has 114 valence electrons. The molecule has 0 aliphatic carbocycles. The van der Waals surface area contributed by atoms with Crippen molar-refractivity contribution >= 4 is 5.95 Å². The van der Waals surface area contributed by atoms with Gasteiger partial charge in [-0.1, -0.05) is 20.8 Å². The lowest BCUT2D eigenvalue weighted by molar-refractivity contribution is 0.375. The first kappa shape index (κ1) is 15.4. The van der Waals surface area contributed by atoms with Crippen molar-refractivity contribution < 1.29 is 0 Å². The average Bonchev–Trinajstić information content (AvgIpc) is 2.82. The summed E-state index contributed by atoms with van der Waals surface area (Å²) < 4.78 is 2.34. The summed E-state index contributed by atoms with van der Waals surface area (Å²) in [5, 5.41) is 3.44. The smallest absolute Gasteiger partial charge is 0.205 e. The molecule has 20 heavy (non-hydrogen) atoms. The molecule has 0 spiro atoms. The maximum Gasteiger partial charge on any atom is 0.205 e. The standard InChI is InChI=1S/C16H30N4/c1-5-15-12-20(10-13(2)3)16(18-15)19(4)11-14-6-8-17-9-7-14/h12-14,17H,5-11H2,1-4H3. The summed E-state index contributed by atoms with van der Waals surface area (Å²) in [5.41, 5.74) is 1.21. The highest BCUT2D eigenvalue weighted by atomic mass is 15.3. The number of imidazole rings is 1. The highest BCUT2D eigenvalue weighted by molar-refractivity contribution is 5.32. The maximum absolute atomic E-state index is 4.82. The van der Waals surface area contributed by atoms with Gasteiger partial charge in [0.15, 0.2) is 0 Å². The molecule has 0 amide bonds. The zero-order chi connectivity index (χ0) is 14.5. The average molecular weight is 278 g/mol. The second kappa shape index (κ2) is 7.11. The van der Waals surface area contributed by atoms with E-state index in [9.17, 15) is 0 Å². The lowest BCUT2D eigenvalue weighted by Gasteiger charge is -2.28. The van der Waals surface area contributed by atoms with E-state index in [0.29, 0.717) is 5.92 Å². The predicted octanol–water partition coefficient (Wildman–Crippen LogP) is 2.54. The number of hydrogen-bond donors (Lipinski definition) is 1. The largest absolute Gasteiger partial charge is 0.345 e. The van der Waals surface area contributed by atoms with E-state index in [0.717, 1.165) is 31.4 Å². The van der Waals surface area contributed by atoms with Crippen LogP contribution in [0.15, 0.2) is 6.20 Å². The lowest BCUT2D eigenvalue weighted by Crippen LogP contribution is -2.35. The van der Waals surface area contributed by atoms with Crippen molar-refractivity contribution in [3.8, 4) is 0 Å². The Morgan fingerprint density at radius 1 is 1.40 bits per heavy atom. The van der Waals surface area contributed by atoms with Crippen molar-refractivity contribution in [2.24, 2.45) is 11.8 Å². The fourth-order valence-corrected chi connectivity index (χ4v) is 3.00. The van der Waals surface area contributed by atoms with Gasteiger partial charge in [-0.25, -0.2) is 4.98 Å². The molecule has 0 saturated carbocycles. The first-order valence-corrected chi connectivity index (χ1v) is 8.08. The number of aromatic nitrogens is 2. The highest BCUT2D eigenvalue weighted by Gasteiger charge is 2.18. The fourth-order valence-electron chi connectivity index (χ4n) is 3.00. The molecular weight excluding hydrogens is 248 g/mol. The van der Waals surface area contributed by atoms with E-state index < -0.39 is 0 Å². The normalized spacial score (nSPS) is 16.9. The quantitative estimate of drug-likeness (QED) is 0.868. The van der Waals surface area contributed by atoms with Gasteiger partial charge in [0, 0.05) is 26.3 Å². The van der Waals surface area contributed by atoms with Gasteiger partial charge in [-0.15, -0.1) is 0 Å². The molecule has 1 aliphatic rings. The SMILES string of the molecule is CCc1cn(CC(C)C)c(N(C)CC2CCNCC2)n1. The molecule has 4 nitrogen and oxygen atoms in total. The molecule has 0 unspecified atom stereocenters. The Balaban J connectivity index is 2.06. The van der Waals surface area contributed by atoms with Gasteiger partial charge >= 0.3 is 0 Å². The zero-order valence-electron chi connectivity index (χ0n) is 13.5. The van der Waals surface area contributed by atoms with Crippen LogP contribution in [-0.2, 0) is 13.0 Å². The summed E-state index contributed by atoms with van der Waals surface area (Å²) in [6.07, 6.45) is 5.82. The van der Waals surface area contributed by atoms with E-state index in [2.05, 4.69) is 48.8 Å². The summed E-state index contributed by atoms with van der Waals surface area (Å²) in [6.45, 7) is 11.2. The van der Waals surface area contributed by atoms with Crippen LogP contribution in [0.2, 0.25) is 0 Å². The van der Waals surface area contributed by atoms with Crippen LogP contribution >= 0.6 is 0 Å². The lowest BCUT2D eigenvalue weighted by atomic mass is 9.98.